The van der Waals surface area contributed by atoms with Gasteiger partial charge in [-0.15, -0.1) is 12.4 Å². The number of fused-ring (bicyclic) bond motifs is 1. The van der Waals surface area contributed by atoms with Gasteiger partial charge < -0.3 is 9.64 Å². The minimum Gasteiger partial charge on any atom is -0.492 e. The average Bonchev–Trinajstić information content (AvgIpc) is 2.66. The van der Waals surface area contributed by atoms with Crippen LogP contribution in [0.4, 0.5) is 0 Å². The molecule has 1 aromatic heterocycles. The Bertz CT molecular complexity index is 952. The van der Waals surface area contributed by atoms with E-state index in [4.69, 9.17) is 4.74 Å². The summed E-state index contributed by atoms with van der Waals surface area (Å²) in [6.07, 6.45) is 0. The van der Waals surface area contributed by atoms with Gasteiger partial charge in [-0.2, -0.15) is 0 Å². The zero-order chi connectivity index (χ0) is 18.5. The fourth-order valence-corrected chi connectivity index (χ4v) is 3.09. The van der Waals surface area contributed by atoms with E-state index >= 15 is 0 Å². The highest BCUT2D eigenvalue weighted by atomic mass is 35.5. The Balaban J connectivity index is 0.00000261. The molecule has 5 nitrogen and oxygen atoms in total. The number of nitrogens with zero attached hydrogens (tertiary/aromatic N) is 3. The minimum atomic E-state index is -0.0617. The van der Waals surface area contributed by atoms with Gasteiger partial charge in [0.2, 0.25) is 0 Å². The van der Waals surface area contributed by atoms with Crippen LogP contribution < -0.4 is 10.3 Å². The number of hydrogen-bond acceptors (Lipinski definition) is 4. The van der Waals surface area contributed by atoms with Gasteiger partial charge in [-0.3, -0.25) is 9.36 Å². The lowest BCUT2D eigenvalue weighted by Crippen LogP contribution is -2.28. The Morgan fingerprint density at radius 1 is 1.07 bits per heavy atom. The normalized spacial score (nSPS) is 10.8. The number of aryl methyl sites for hydroxylation is 1. The third kappa shape index (κ3) is 4.67. The van der Waals surface area contributed by atoms with Gasteiger partial charge in [0.15, 0.2) is 0 Å². The molecular weight excluding hydrogens is 362 g/mol. The predicted octanol–water partition coefficient (Wildman–Crippen LogP) is 3.84. The van der Waals surface area contributed by atoms with Crippen molar-refractivity contribution in [1.29, 1.82) is 0 Å². The van der Waals surface area contributed by atoms with E-state index in [1.807, 2.05) is 55.5 Å². The summed E-state index contributed by atoms with van der Waals surface area (Å²) in [5, 5.41) is 0.617. The molecule has 0 N–H and O–H groups in total. The highest BCUT2D eigenvalue weighted by molar-refractivity contribution is 5.85. The number of hydrogen-bond donors (Lipinski definition) is 0. The first-order valence-corrected chi connectivity index (χ1v) is 9.08. The second kappa shape index (κ2) is 9.53. The topological polar surface area (TPSA) is 47.4 Å². The van der Waals surface area contributed by atoms with E-state index in [9.17, 15) is 4.79 Å². The lowest BCUT2D eigenvalue weighted by molar-refractivity contribution is 0.223. The molecule has 1 heterocycles. The third-order valence-corrected chi connectivity index (χ3v) is 4.59. The van der Waals surface area contributed by atoms with Gasteiger partial charge in [0.25, 0.3) is 5.56 Å². The van der Waals surface area contributed by atoms with Crippen LogP contribution in [-0.4, -0.2) is 40.7 Å². The number of rotatable bonds is 7. The molecule has 0 aliphatic heterocycles. The molecule has 0 atom stereocenters. The van der Waals surface area contributed by atoms with Crippen molar-refractivity contribution >= 4 is 23.3 Å². The molecule has 27 heavy (non-hydrogen) atoms. The van der Waals surface area contributed by atoms with E-state index in [1.165, 1.54) is 0 Å². The smallest absolute Gasteiger partial charge is 0.265 e. The molecule has 0 aliphatic rings. The van der Waals surface area contributed by atoms with E-state index in [0.717, 1.165) is 36.6 Å². The molecule has 0 saturated carbocycles. The van der Waals surface area contributed by atoms with Crippen LogP contribution in [0.5, 0.6) is 5.75 Å². The maximum absolute atomic E-state index is 12.9. The summed E-state index contributed by atoms with van der Waals surface area (Å²) in [6, 6.07) is 15.0. The van der Waals surface area contributed by atoms with Gasteiger partial charge in [0, 0.05) is 12.6 Å². The van der Waals surface area contributed by atoms with Gasteiger partial charge in [0.05, 0.1) is 16.6 Å². The molecule has 144 valence electrons. The SMILES string of the molecule is CCN(CC)CCOc1cccc(-n2c(C)nc3ccccc3c2=O)c1.Cl. The van der Waals surface area contributed by atoms with Gasteiger partial charge in [0.1, 0.15) is 18.2 Å². The molecule has 0 aliphatic carbocycles. The number of benzene rings is 2. The summed E-state index contributed by atoms with van der Waals surface area (Å²) in [5.74, 6) is 1.42. The van der Waals surface area contributed by atoms with E-state index in [1.54, 1.807) is 4.57 Å². The van der Waals surface area contributed by atoms with Crippen LogP contribution in [0.1, 0.15) is 19.7 Å². The van der Waals surface area contributed by atoms with Gasteiger partial charge in [-0.25, -0.2) is 4.98 Å². The van der Waals surface area contributed by atoms with E-state index in [0.29, 0.717) is 17.8 Å². The molecule has 0 bridgehead atoms. The molecule has 0 radical (unpaired) electrons. The van der Waals surface area contributed by atoms with Crippen LogP contribution in [0, 0.1) is 6.92 Å². The van der Waals surface area contributed by atoms with Crippen molar-refractivity contribution < 1.29 is 4.74 Å². The second-order valence-electron chi connectivity index (χ2n) is 6.19. The summed E-state index contributed by atoms with van der Waals surface area (Å²) in [5.41, 5.74) is 1.43. The molecule has 3 rings (SSSR count). The zero-order valence-corrected chi connectivity index (χ0v) is 16.8. The molecule has 0 fully saturated rings. The van der Waals surface area contributed by atoms with Crippen LogP contribution in [0.25, 0.3) is 16.6 Å². The summed E-state index contributed by atoms with van der Waals surface area (Å²) < 4.78 is 7.53. The van der Waals surface area contributed by atoms with Crippen LogP contribution in [0.3, 0.4) is 0 Å². The average molecular weight is 388 g/mol. The predicted molar refractivity (Wildman–Crippen MR) is 113 cm³/mol. The van der Waals surface area contributed by atoms with Gasteiger partial charge in [-0.1, -0.05) is 32.0 Å². The number of aromatic nitrogens is 2. The standard InChI is InChI=1S/C21H25N3O2.ClH/c1-4-23(5-2)13-14-26-18-10-8-9-17(15-18)24-16(3)22-20-12-7-6-11-19(20)21(24)25;/h6-12,15H,4-5,13-14H2,1-3H3;1H. The van der Waals surface area contributed by atoms with Crippen LogP contribution in [-0.2, 0) is 0 Å². The Hall–Kier alpha value is -2.37. The van der Waals surface area contributed by atoms with Crippen molar-refractivity contribution in [2.24, 2.45) is 0 Å². The van der Waals surface area contributed by atoms with Crippen molar-refractivity contribution in [2.75, 3.05) is 26.2 Å². The fourth-order valence-electron chi connectivity index (χ4n) is 3.09. The Labute approximate surface area is 166 Å². The van der Waals surface area contributed by atoms with E-state index in [-0.39, 0.29) is 18.0 Å². The summed E-state index contributed by atoms with van der Waals surface area (Å²) >= 11 is 0. The van der Waals surface area contributed by atoms with Crippen molar-refractivity contribution in [3.63, 3.8) is 0 Å². The van der Waals surface area contributed by atoms with Crippen molar-refractivity contribution in [1.82, 2.24) is 14.5 Å². The van der Waals surface area contributed by atoms with Crippen LogP contribution in [0.15, 0.2) is 53.3 Å². The molecule has 3 aromatic rings. The Morgan fingerprint density at radius 2 is 1.81 bits per heavy atom. The molecular formula is C21H26ClN3O2. The molecule has 2 aromatic carbocycles. The minimum absolute atomic E-state index is 0. The van der Waals surface area contributed by atoms with E-state index in [2.05, 4.69) is 23.7 Å². The maximum Gasteiger partial charge on any atom is 0.265 e. The van der Waals surface area contributed by atoms with Gasteiger partial charge >= 0.3 is 0 Å². The van der Waals surface area contributed by atoms with Crippen molar-refractivity contribution in [3.05, 3.63) is 64.7 Å². The number of ether oxygens (including phenoxy) is 1. The van der Waals surface area contributed by atoms with Crippen molar-refractivity contribution in [2.45, 2.75) is 20.8 Å². The second-order valence-corrected chi connectivity index (χ2v) is 6.19. The highest BCUT2D eigenvalue weighted by Crippen LogP contribution is 2.18. The maximum atomic E-state index is 12.9. The molecule has 0 unspecified atom stereocenters. The Morgan fingerprint density at radius 3 is 2.56 bits per heavy atom. The first-order valence-electron chi connectivity index (χ1n) is 9.08. The number of likely N-dealkylation sites (N-methyl/N-ethyl adjacent to an activating group) is 1. The van der Waals surface area contributed by atoms with Gasteiger partial charge in [-0.05, 0) is 44.3 Å². The fraction of sp³-hybridized carbons (Fsp3) is 0.333. The van der Waals surface area contributed by atoms with Crippen LogP contribution in [0.2, 0.25) is 0 Å². The number of para-hydroxylation sites is 1. The highest BCUT2D eigenvalue weighted by Gasteiger charge is 2.10. The monoisotopic (exact) mass is 387 g/mol. The molecule has 6 heteroatoms. The third-order valence-electron chi connectivity index (χ3n) is 4.59. The summed E-state index contributed by atoms with van der Waals surface area (Å²) in [6.45, 7) is 9.66. The molecule has 0 saturated heterocycles. The lowest BCUT2D eigenvalue weighted by atomic mass is 10.2. The molecule has 0 amide bonds. The lowest BCUT2D eigenvalue weighted by Gasteiger charge is -2.18. The van der Waals surface area contributed by atoms with E-state index < -0.39 is 0 Å². The summed E-state index contributed by atoms with van der Waals surface area (Å²) in [7, 11) is 0. The number of halogens is 1. The molecule has 0 spiro atoms. The van der Waals surface area contributed by atoms with Crippen LogP contribution >= 0.6 is 12.4 Å². The Kier molecular flexibility index (Phi) is 7.39. The first-order chi connectivity index (χ1) is 12.6. The largest absolute Gasteiger partial charge is 0.492 e. The van der Waals surface area contributed by atoms with Crippen molar-refractivity contribution in [3.8, 4) is 11.4 Å². The first kappa shape index (κ1) is 20.9. The summed E-state index contributed by atoms with van der Waals surface area (Å²) in [4.78, 5) is 19.8. The quantitative estimate of drug-likeness (QED) is 0.618. The zero-order valence-electron chi connectivity index (χ0n) is 16.0.